The number of nitrogens with one attached hydrogen (secondary N) is 1. The highest BCUT2D eigenvalue weighted by Gasteiger charge is 2.33. The van der Waals surface area contributed by atoms with Gasteiger partial charge in [-0.15, -0.1) is 0 Å². The van der Waals surface area contributed by atoms with Gasteiger partial charge in [-0.05, 0) is 74.7 Å². The molecule has 0 bridgehead atoms. The normalized spacial score (nSPS) is 11.9. The summed E-state index contributed by atoms with van der Waals surface area (Å²) in [7, 11) is -2.81. The lowest BCUT2D eigenvalue weighted by Gasteiger charge is -2.32. The minimum Gasteiger partial charge on any atom is -0.495 e. The van der Waals surface area contributed by atoms with Crippen LogP contribution in [0.5, 0.6) is 5.75 Å². The minimum atomic E-state index is -4.23. The van der Waals surface area contributed by atoms with E-state index in [1.807, 2.05) is 20.8 Å². The van der Waals surface area contributed by atoms with Crippen molar-refractivity contribution in [1.29, 1.82) is 0 Å². The van der Waals surface area contributed by atoms with Crippen molar-refractivity contribution in [3.8, 4) is 5.75 Å². The first kappa shape index (κ1) is 30.6. The Morgan fingerprint density at radius 3 is 2.20 bits per heavy atom. The quantitative estimate of drug-likeness (QED) is 0.344. The third-order valence-electron chi connectivity index (χ3n) is 6.47. The van der Waals surface area contributed by atoms with Crippen LogP contribution < -0.4 is 14.4 Å². The molecule has 0 spiro atoms. The van der Waals surface area contributed by atoms with Crippen molar-refractivity contribution in [3.63, 3.8) is 0 Å². The maximum Gasteiger partial charge on any atom is 0.264 e. The lowest BCUT2D eigenvalue weighted by Crippen LogP contribution is -2.51. The Balaban J connectivity index is 2.08. The van der Waals surface area contributed by atoms with Gasteiger partial charge in [-0.1, -0.05) is 42.8 Å². The lowest BCUT2D eigenvalue weighted by atomic mass is 10.1. The van der Waals surface area contributed by atoms with Gasteiger partial charge in [0.1, 0.15) is 24.2 Å². The second-order valence-corrected chi connectivity index (χ2v) is 11.5. The maximum absolute atomic E-state index is 14.0. The number of anilines is 1. The Labute approximate surface area is 235 Å². The summed E-state index contributed by atoms with van der Waals surface area (Å²) in [5.74, 6) is -1.15. The summed E-state index contributed by atoms with van der Waals surface area (Å²) >= 11 is 0. The zero-order valence-electron chi connectivity index (χ0n) is 23.5. The zero-order chi connectivity index (χ0) is 29.4. The monoisotopic (exact) mass is 569 g/mol. The number of carbonyl (C=O) groups excluding carboxylic acids is 2. The third-order valence-corrected chi connectivity index (χ3v) is 8.25. The highest BCUT2D eigenvalue weighted by molar-refractivity contribution is 7.92. The number of ether oxygens (including phenoxy) is 1. The van der Waals surface area contributed by atoms with Gasteiger partial charge in [0.15, 0.2) is 0 Å². The molecule has 40 heavy (non-hydrogen) atoms. The molecule has 0 aromatic heterocycles. The molecule has 8 nitrogen and oxygen atoms in total. The topological polar surface area (TPSA) is 96.0 Å². The fourth-order valence-corrected chi connectivity index (χ4v) is 5.53. The summed E-state index contributed by atoms with van der Waals surface area (Å²) in [6.45, 7) is 6.96. The molecule has 214 valence electrons. The van der Waals surface area contributed by atoms with Crippen molar-refractivity contribution in [2.45, 2.75) is 51.6 Å². The Kier molecular flexibility index (Phi) is 10.3. The lowest BCUT2D eigenvalue weighted by molar-refractivity contribution is -0.139. The van der Waals surface area contributed by atoms with Crippen LogP contribution in [0.25, 0.3) is 0 Å². The number of nitrogens with zero attached hydrogens (tertiary/aromatic N) is 2. The summed E-state index contributed by atoms with van der Waals surface area (Å²) in [5, 5.41) is 2.79. The van der Waals surface area contributed by atoms with E-state index >= 15 is 0 Å². The molecular formula is C30H36FN3O5S. The van der Waals surface area contributed by atoms with E-state index in [2.05, 4.69) is 5.32 Å². The van der Waals surface area contributed by atoms with Crippen molar-refractivity contribution in [2.24, 2.45) is 0 Å². The van der Waals surface area contributed by atoms with Gasteiger partial charge in [-0.2, -0.15) is 0 Å². The Hall–Kier alpha value is -3.92. The van der Waals surface area contributed by atoms with E-state index in [9.17, 15) is 22.4 Å². The van der Waals surface area contributed by atoms with Crippen molar-refractivity contribution in [1.82, 2.24) is 10.2 Å². The average Bonchev–Trinajstić information content (AvgIpc) is 2.93. The number of methoxy groups -OCH3 is 1. The average molecular weight is 570 g/mol. The fraction of sp³-hybridized carbons (Fsp3) is 0.333. The first-order chi connectivity index (χ1) is 19.0. The number of hydrogen-bond donors (Lipinski definition) is 1. The molecule has 3 rings (SSSR count). The molecular weight excluding hydrogens is 533 g/mol. The van der Waals surface area contributed by atoms with Gasteiger partial charge < -0.3 is 15.0 Å². The molecule has 1 N–H and O–H groups in total. The van der Waals surface area contributed by atoms with Gasteiger partial charge >= 0.3 is 0 Å². The van der Waals surface area contributed by atoms with Crippen LogP contribution in [-0.2, 0) is 26.2 Å². The van der Waals surface area contributed by atoms with E-state index in [0.717, 1.165) is 15.4 Å². The molecule has 0 aliphatic rings. The van der Waals surface area contributed by atoms with Crippen LogP contribution in [0, 0.1) is 19.7 Å². The first-order valence-electron chi connectivity index (χ1n) is 13.0. The molecule has 0 fully saturated rings. The largest absolute Gasteiger partial charge is 0.495 e. The number of aryl methyl sites for hydroxylation is 2. The first-order valence-corrected chi connectivity index (χ1v) is 14.5. The number of benzene rings is 3. The van der Waals surface area contributed by atoms with Crippen LogP contribution in [0.1, 0.15) is 37.0 Å². The van der Waals surface area contributed by atoms with Crippen LogP contribution in [0.15, 0.2) is 71.6 Å². The molecule has 0 aliphatic carbocycles. The highest BCUT2D eigenvalue weighted by atomic mass is 32.2. The standard InChI is InChI=1S/C30H36FN3O5S/c1-6-17-32-30(36)23(4)33(19-24-10-12-25(31)13-11-24)29(35)20-34(27-18-22(3)9-16-28(27)39-5)40(37,38)26-14-7-21(2)8-15-26/h7-16,18,23H,6,17,19-20H2,1-5H3,(H,32,36)/t23-/m1/s1. The van der Waals surface area contributed by atoms with Crippen LogP contribution >= 0.6 is 0 Å². The third kappa shape index (κ3) is 7.38. The fourth-order valence-electron chi connectivity index (χ4n) is 4.11. The van der Waals surface area contributed by atoms with E-state index in [0.29, 0.717) is 18.5 Å². The highest BCUT2D eigenvalue weighted by Crippen LogP contribution is 2.33. The van der Waals surface area contributed by atoms with E-state index in [-0.39, 0.29) is 28.8 Å². The van der Waals surface area contributed by atoms with Crippen molar-refractivity contribution in [3.05, 3.63) is 89.2 Å². The smallest absolute Gasteiger partial charge is 0.264 e. The molecule has 1 atom stereocenters. The predicted octanol–water partition coefficient (Wildman–Crippen LogP) is 4.59. The summed E-state index contributed by atoms with van der Waals surface area (Å²) in [6, 6.07) is 16.1. The van der Waals surface area contributed by atoms with Gasteiger partial charge in [0.2, 0.25) is 11.8 Å². The molecule has 0 unspecified atom stereocenters. The maximum atomic E-state index is 14.0. The molecule has 0 heterocycles. The Morgan fingerprint density at radius 2 is 1.60 bits per heavy atom. The number of carbonyl (C=O) groups is 2. The van der Waals surface area contributed by atoms with Crippen LogP contribution in [-0.4, -0.2) is 51.4 Å². The predicted molar refractivity (Wildman–Crippen MR) is 153 cm³/mol. The molecule has 0 radical (unpaired) electrons. The van der Waals surface area contributed by atoms with Crippen molar-refractivity contribution >= 4 is 27.5 Å². The Morgan fingerprint density at radius 1 is 0.975 bits per heavy atom. The molecule has 10 heteroatoms. The van der Waals surface area contributed by atoms with Gasteiger partial charge in [0.25, 0.3) is 10.0 Å². The molecule has 0 saturated carbocycles. The van der Waals surface area contributed by atoms with E-state index in [1.54, 1.807) is 37.3 Å². The van der Waals surface area contributed by atoms with E-state index < -0.39 is 34.3 Å². The summed E-state index contributed by atoms with van der Waals surface area (Å²) in [5.41, 5.74) is 2.43. The van der Waals surface area contributed by atoms with Crippen molar-refractivity contribution < 1.29 is 27.1 Å². The van der Waals surface area contributed by atoms with Gasteiger partial charge in [-0.3, -0.25) is 13.9 Å². The number of sulfonamides is 1. The second-order valence-electron chi connectivity index (χ2n) is 9.62. The van der Waals surface area contributed by atoms with Crippen LogP contribution in [0.3, 0.4) is 0 Å². The van der Waals surface area contributed by atoms with Crippen LogP contribution in [0.4, 0.5) is 10.1 Å². The number of rotatable bonds is 12. The van der Waals surface area contributed by atoms with E-state index in [1.165, 1.54) is 48.4 Å². The van der Waals surface area contributed by atoms with E-state index in [4.69, 9.17) is 4.74 Å². The molecule has 3 aromatic rings. The minimum absolute atomic E-state index is 0.00767. The summed E-state index contributed by atoms with van der Waals surface area (Å²) in [4.78, 5) is 28.2. The SMILES string of the molecule is CCCNC(=O)[C@@H](C)N(Cc1ccc(F)cc1)C(=O)CN(c1cc(C)ccc1OC)S(=O)(=O)c1ccc(C)cc1. The molecule has 3 aromatic carbocycles. The van der Waals surface area contributed by atoms with Crippen LogP contribution in [0.2, 0.25) is 0 Å². The molecule has 0 aliphatic heterocycles. The summed E-state index contributed by atoms with van der Waals surface area (Å²) < 4.78 is 48.1. The van der Waals surface area contributed by atoms with Gasteiger partial charge in [-0.25, -0.2) is 12.8 Å². The number of halogens is 1. The van der Waals surface area contributed by atoms with Gasteiger partial charge in [0.05, 0.1) is 17.7 Å². The zero-order valence-corrected chi connectivity index (χ0v) is 24.3. The number of hydrogen-bond acceptors (Lipinski definition) is 5. The molecule has 2 amide bonds. The Bertz CT molecular complexity index is 1430. The second kappa shape index (κ2) is 13.4. The number of amides is 2. The summed E-state index contributed by atoms with van der Waals surface area (Å²) in [6.07, 6.45) is 0.708. The van der Waals surface area contributed by atoms with Crippen molar-refractivity contribution in [2.75, 3.05) is 24.5 Å². The van der Waals surface area contributed by atoms with Gasteiger partial charge in [0, 0.05) is 13.1 Å². The molecule has 0 saturated heterocycles.